The average molecular weight is 198 g/mol. The van der Waals surface area contributed by atoms with Crippen LogP contribution in [-0.2, 0) is 4.79 Å². The minimum absolute atomic E-state index is 0.764. The van der Waals surface area contributed by atoms with E-state index in [2.05, 4.69) is 5.10 Å². The van der Waals surface area contributed by atoms with Crippen LogP contribution in [0.25, 0.3) is 11.8 Å². The zero-order chi connectivity index (χ0) is 10.5. The summed E-state index contributed by atoms with van der Waals surface area (Å²) >= 11 is 0. The first kappa shape index (κ1) is 9.40. The first-order valence-corrected chi connectivity index (χ1v) is 4.62. The minimum atomic E-state index is 0.764. The molecule has 0 aliphatic carbocycles. The van der Waals surface area contributed by atoms with Gasteiger partial charge in [0.25, 0.3) is 0 Å². The standard InChI is InChI=1S/C12H10N2O/c15-9-2-5-11-4-1-6-12(10-11)14-8-3-7-13-14/h1-10H. The molecule has 1 heterocycles. The fourth-order valence-corrected chi connectivity index (χ4v) is 1.34. The van der Waals surface area contributed by atoms with Crippen LogP contribution in [0.1, 0.15) is 5.56 Å². The van der Waals surface area contributed by atoms with E-state index < -0.39 is 0 Å². The summed E-state index contributed by atoms with van der Waals surface area (Å²) < 4.78 is 1.78. The summed E-state index contributed by atoms with van der Waals surface area (Å²) in [6.45, 7) is 0. The molecule has 0 N–H and O–H groups in total. The number of carbonyl (C=O) groups is 1. The summed E-state index contributed by atoms with van der Waals surface area (Å²) in [5.41, 5.74) is 1.96. The van der Waals surface area contributed by atoms with Gasteiger partial charge in [-0.1, -0.05) is 18.2 Å². The van der Waals surface area contributed by atoms with Crippen molar-refractivity contribution in [3.8, 4) is 5.69 Å². The van der Waals surface area contributed by atoms with Crippen LogP contribution < -0.4 is 0 Å². The van der Waals surface area contributed by atoms with Crippen molar-refractivity contribution < 1.29 is 4.79 Å². The Hall–Kier alpha value is -2.16. The molecule has 15 heavy (non-hydrogen) atoms. The lowest BCUT2D eigenvalue weighted by molar-refractivity contribution is -0.104. The number of aromatic nitrogens is 2. The van der Waals surface area contributed by atoms with Gasteiger partial charge in [-0.25, -0.2) is 4.68 Å². The number of hydrogen-bond donors (Lipinski definition) is 0. The van der Waals surface area contributed by atoms with Crippen LogP contribution in [0.2, 0.25) is 0 Å². The fourth-order valence-electron chi connectivity index (χ4n) is 1.34. The monoisotopic (exact) mass is 198 g/mol. The summed E-state index contributed by atoms with van der Waals surface area (Å²) in [4.78, 5) is 10.2. The summed E-state index contributed by atoms with van der Waals surface area (Å²) in [6.07, 6.45) is 7.61. The van der Waals surface area contributed by atoms with Crippen LogP contribution in [-0.4, -0.2) is 16.1 Å². The highest BCUT2D eigenvalue weighted by Crippen LogP contribution is 2.10. The van der Waals surface area contributed by atoms with Gasteiger partial charge in [-0.2, -0.15) is 5.10 Å². The molecule has 3 heteroatoms. The Morgan fingerprint density at radius 2 is 2.20 bits per heavy atom. The summed E-state index contributed by atoms with van der Waals surface area (Å²) in [6, 6.07) is 9.67. The molecule has 0 spiro atoms. The second-order valence-corrected chi connectivity index (χ2v) is 3.04. The predicted octanol–water partition coefficient (Wildman–Crippen LogP) is 2.08. The maximum Gasteiger partial charge on any atom is 0.142 e. The maximum absolute atomic E-state index is 10.2. The molecule has 0 atom stereocenters. The number of aldehydes is 1. The molecule has 1 aromatic heterocycles. The molecule has 0 aliphatic heterocycles. The van der Waals surface area contributed by atoms with Gasteiger partial charge in [0, 0.05) is 12.4 Å². The highest BCUT2D eigenvalue weighted by atomic mass is 16.1. The van der Waals surface area contributed by atoms with E-state index in [1.807, 2.05) is 36.5 Å². The minimum Gasteiger partial charge on any atom is -0.299 e. The Morgan fingerprint density at radius 3 is 2.93 bits per heavy atom. The number of rotatable bonds is 3. The molecule has 0 unspecified atom stereocenters. The Morgan fingerprint density at radius 1 is 1.27 bits per heavy atom. The van der Waals surface area contributed by atoms with Crippen LogP contribution >= 0.6 is 0 Å². The van der Waals surface area contributed by atoms with Gasteiger partial charge in [0.05, 0.1) is 5.69 Å². The lowest BCUT2D eigenvalue weighted by Gasteiger charge is -2.01. The second-order valence-electron chi connectivity index (χ2n) is 3.04. The first-order chi connectivity index (χ1) is 7.40. The molecule has 0 amide bonds. The zero-order valence-electron chi connectivity index (χ0n) is 8.08. The van der Waals surface area contributed by atoms with E-state index in [9.17, 15) is 4.79 Å². The Balaban J connectivity index is 2.34. The van der Waals surface area contributed by atoms with Gasteiger partial charge in [-0.3, -0.25) is 4.79 Å². The van der Waals surface area contributed by atoms with Crippen LogP contribution in [0.4, 0.5) is 0 Å². The second kappa shape index (κ2) is 4.37. The van der Waals surface area contributed by atoms with Gasteiger partial charge < -0.3 is 0 Å². The number of allylic oxidation sites excluding steroid dienone is 1. The number of nitrogens with zero attached hydrogens (tertiary/aromatic N) is 2. The van der Waals surface area contributed by atoms with Crippen LogP contribution in [0.5, 0.6) is 0 Å². The molecule has 0 aliphatic rings. The summed E-state index contributed by atoms with van der Waals surface area (Å²) in [5.74, 6) is 0. The first-order valence-electron chi connectivity index (χ1n) is 4.62. The van der Waals surface area contributed by atoms with Gasteiger partial charge in [0.2, 0.25) is 0 Å². The molecule has 0 saturated heterocycles. The Labute approximate surface area is 87.7 Å². The van der Waals surface area contributed by atoms with Crippen molar-refractivity contribution >= 4 is 12.4 Å². The van der Waals surface area contributed by atoms with E-state index in [0.717, 1.165) is 17.5 Å². The van der Waals surface area contributed by atoms with Gasteiger partial charge in [-0.15, -0.1) is 0 Å². The van der Waals surface area contributed by atoms with E-state index >= 15 is 0 Å². The number of carbonyl (C=O) groups excluding carboxylic acids is 1. The van der Waals surface area contributed by atoms with Crippen molar-refractivity contribution in [1.29, 1.82) is 0 Å². The fraction of sp³-hybridized carbons (Fsp3) is 0. The molecule has 0 bridgehead atoms. The highest BCUT2D eigenvalue weighted by molar-refractivity contribution is 5.74. The SMILES string of the molecule is O=CC=Cc1cccc(-n2cccn2)c1. The smallest absolute Gasteiger partial charge is 0.142 e. The largest absolute Gasteiger partial charge is 0.299 e. The molecule has 0 fully saturated rings. The van der Waals surface area contributed by atoms with Gasteiger partial charge in [0.1, 0.15) is 6.29 Å². The number of hydrogen-bond acceptors (Lipinski definition) is 2. The topological polar surface area (TPSA) is 34.9 Å². The molecule has 0 radical (unpaired) electrons. The van der Waals surface area contributed by atoms with Crippen molar-refractivity contribution in [2.75, 3.05) is 0 Å². The lowest BCUT2D eigenvalue weighted by Crippen LogP contribution is -1.93. The maximum atomic E-state index is 10.2. The summed E-state index contributed by atoms with van der Waals surface area (Å²) in [5, 5.41) is 4.13. The predicted molar refractivity (Wildman–Crippen MR) is 58.7 cm³/mol. The van der Waals surface area contributed by atoms with E-state index in [1.165, 1.54) is 6.08 Å². The van der Waals surface area contributed by atoms with Crippen molar-refractivity contribution in [3.63, 3.8) is 0 Å². The van der Waals surface area contributed by atoms with Gasteiger partial charge >= 0.3 is 0 Å². The lowest BCUT2D eigenvalue weighted by atomic mass is 10.2. The Bertz CT molecular complexity index is 472. The quantitative estimate of drug-likeness (QED) is 0.559. The highest BCUT2D eigenvalue weighted by Gasteiger charge is 1.95. The zero-order valence-corrected chi connectivity index (χ0v) is 8.08. The summed E-state index contributed by atoms with van der Waals surface area (Å²) in [7, 11) is 0. The van der Waals surface area contributed by atoms with Crippen LogP contribution in [0.3, 0.4) is 0 Å². The van der Waals surface area contributed by atoms with Crippen molar-refractivity contribution in [2.24, 2.45) is 0 Å². The van der Waals surface area contributed by atoms with Crippen molar-refractivity contribution in [3.05, 3.63) is 54.4 Å². The third-order valence-corrected chi connectivity index (χ3v) is 2.01. The Kier molecular flexibility index (Phi) is 2.74. The molecule has 3 nitrogen and oxygen atoms in total. The number of benzene rings is 1. The third kappa shape index (κ3) is 2.20. The average Bonchev–Trinajstić information content (AvgIpc) is 2.80. The van der Waals surface area contributed by atoms with E-state index in [1.54, 1.807) is 17.0 Å². The van der Waals surface area contributed by atoms with Crippen LogP contribution in [0, 0.1) is 0 Å². The molecule has 1 aromatic carbocycles. The van der Waals surface area contributed by atoms with Gasteiger partial charge in [-0.05, 0) is 29.8 Å². The molecule has 0 saturated carbocycles. The van der Waals surface area contributed by atoms with Crippen molar-refractivity contribution in [2.45, 2.75) is 0 Å². The molecule has 74 valence electrons. The van der Waals surface area contributed by atoms with E-state index in [4.69, 9.17) is 0 Å². The van der Waals surface area contributed by atoms with E-state index in [0.29, 0.717) is 0 Å². The third-order valence-electron chi connectivity index (χ3n) is 2.01. The molecule has 2 rings (SSSR count). The molecular formula is C12H10N2O. The van der Waals surface area contributed by atoms with Crippen molar-refractivity contribution in [1.82, 2.24) is 9.78 Å². The van der Waals surface area contributed by atoms with Crippen LogP contribution in [0.15, 0.2) is 48.8 Å². The van der Waals surface area contributed by atoms with E-state index in [-0.39, 0.29) is 0 Å². The normalized spacial score (nSPS) is 10.7. The molecular weight excluding hydrogens is 188 g/mol. The van der Waals surface area contributed by atoms with Gasteiger partial charge in [0.15, 0.2) is 0 Å². The molecule has 2 aromatic rings.